The summed E-state index contributed by atoms with van der Waals surface area (Å²) < 4.78 is 0. The van der Waals surface area contributed by atoms with Crippen LogP contribution in [0, 0.1) is 0 Å². The minimum atomic E-state index is -0.524. The van der Waals surface area contributed by atoms with Crippen LogP contribution in [0.1, 0.15) is 24.2 Å². The van der Waals surface area contributed by atoms with Gasteiger partial charge in [-0.1, -0.05) is 60.1 Å². The normalized spacial score (nSPS) is 13.3. The van der Waals surface area contributed by atoms with Gasteiger partial charge >= 0.3 is 0 Å². The summed E-state index contributed by atoms with van der Waals surface area (Å²) in [5.74, 6) is 0. The molecule has 0 bridgehead atoms. The van der Waals surface area contributed by atoms with Crippen LogP contribution >= 0.6 is 11.6 Å². The summed E-state index contributed by atoms with van der Waals surface area (Å²) in [4.78, 5) is 0. The van der Waals surface area contributed by atoms with Crippen LogP contribution in [-0.4, -0.2) is 11.1 Å². The first kappa shape index (κ1) is 17.0. The molecule has 108 valence electrons. The highest BCUT2D eigenvalue weighted by Gasteiger charge is 2.15. The highest BCUT2D eigenvalue weighted by atomic mass is 35.5. The molecule has 2 rings (SSSR count). The zero-order valence-electron chi connectivity index (χ0n) is 11.3. The van der Waals surface area contributed by atoms with Gasteiger partial charge in [-0.25, -0.2) is 0 Å². The van der Waals surface area contributed by atoms with E-state index in [4.69, 9.17) is 11.6 Å². The number of halogens is 2. The van der Waals surface area contributed by atoms with Crippen molar-refractivity contribution in [3.8, 4) is 0 Å². The number of hydrogen-bond donors (Lipinski definition) is 2. The molecular formula is C16H18Cl2NO-. The molecule has 2 aromatic carbocycles. The van der Waals surface area contributed by atoms with Crippen LogP contribution in [0.5, 0.6) is 0 Å². The molecular weight excluding hydrogens is 293 g/mol. The fraction of sp³-hybridized carbons (Fsp3) is 0.250. The lowest BCUT2D eigenvalue weighted by Gasteiger charge is -2.21. The van der Waals surface area contributed by atoms with Crippen molar-refractivity contribution in [1.82, 2.24) is 5.32 Å². The topological polar surface area (TPSA) is 32.3 Å². The number of aliphatic hydroxyl groups is 1. The third-order valence-corrected chi connectivity index (χ3v) is 3.56. The molecule has 2 N–H and O–H groups in total. The second-order valence-corrected chi connectivity index (χ2v) is 5.02. The molecule has 0 amide bonds. The van der Waals surface area contributed by atoms with E-state index in [-0.39, 0.29) is 18.4 Å². The molecule has 0 saturated heterocycles. The van der Waals surface area contributed by atoms with Crippen LogP contribution in [0.25, 0.3) is 0 Å². The number of nitrogens with one attached hydrogen (secondary N) is 1. The van der Waals surface area contributed by atoms with Crippen LogP contribution in [0.3, 0.4) is 0 Å². The molecule has 0 spiro atoms. The smallest absolute Gasteiger partial charge is 0.0940 e. The summed E-state index contributed by atoms with van der Waals surface area (Å²) in [7, 11) is 0. The van der Waals surface area contributed by atoms with Crippen molar-refractivity contribution in [1.29, 1.82) is 0 Å². The van der Waals surface area contributed by atoms with E-state index < -0.39 is 6.10 Å². The summed E-state index contributed by atoms with van der Waals surface area (Å²) in [6.07, 6.45) is -0.524. The second kappa shape index (κ2) is 8.28. The molecule has 20 heavy (non-hydrogen) atoms. The lowest BCUT2D eigenvalue weighted by atomic mass is 10.0. The van der Waals surface area contributed by atoms with Crippen molar-refractivity contribution < 1.29 is 17.5 Å². The van der Waals surface area contributed by atoms with Crippen LogP contribution in [0.2, 0.25) is 5.02 Å². The maximum atomic E-state index is 10.2. The third-order valence-electron chi connectivity index (χ3n) is 3.19. The molecule has 0 radical (unpaired) electrons. The molecule has 0 saturated carbocycles. The van der Waals surface area contributed by atoms with Gasteiger partial charge in [0.05, 0.1) is 6.10 Å². The molecule has 0 aliphatic carbocycles. The third kappa shape index (κ3) is 4.50. The quantitative estimate of drug-likeness (QED) is 0.845. The van der Waals surface area contributed by atoms with Gasteiger partial charge in [-0.15, -0.1) is 0 Å². The second-order valence-electron chi connectivity index (χ2n) is 4.62. The van der Waals surface area contributed by atoms with Gasteiger partial charge in [0.15, 0.2) is 0 Å². The van der Waals surface area contributed by atoms with Crippen LogP contribution in [0.15, 0.2) is 54.6 Å². The van der Waals surface area contributed by atoms with Crippen molar-refractivity contribution in [3.63, 3.8) is 0 Å². The minimum absolute atomic E-state index is 0. The molecule has 4 heteroatoms. The van der Waals surface area contributed by atoms with Gasteiger partial charge in [0.1, 0.15) is 0 Å². The molecule has 2 unspecified atom stereocenters. The lowest BCUT2D eigenvalue weighted by molar-refractivity contribution is -0.00000526. The standard InChI is InChI=1S/C16H18ClNO.ClH/c1-12(16(19)13-7-3-2-4-8-13)18-11-14-9-5-6-10-15(14)17;/h2-10,12,16,18-19H,11H2,1H3;1H/p-1. The molecule has 0 aliphatic rings. The largest absolute Gasteiger partial charge is 1.00 e. The van der Waals surface area contributed by atoms with E-state index in [1.807, 2.05) is 61.5 Å². The Morgan fingerprint density at radius 2 is 1.65 bits per heavy atom. The monoisotopic (exact) mass is 310 g/mol. The van der Waals surface area contributed by atoms with Crippen molar-refractivity contribution in [2.75, 3.05) is 0 Å². The summed E-state index contributed by atoms with van der Waals surface area (Å²) in [5, 5.41) is 14.3. The Balaban J connectivity index is 0.00000200. The van der Waals surface area contributed by atoms with Crippen molar-refractivity contribution >= 4 is 11.6 Å². The van der Waals surface area contributed by atoms with Crippen LogP contribution < -0.4 is 17.7 Å². The van der Waals surface area contributed by atoms with E-state index >= 15 is 0 Å². The summed E-state index contributed by atoms with van der Waals surface area (Å²) in [6.45, 7) is 2.61. The Bertz CT molecular complexity index is 519. The van der Waals surface area contributed by atoms with Gasteiger partial charge in [0.25, 0.3) is 0 Å². The van der Waals surface area contributed by atoms with Crippen LogP contribution in [-0.2, 0) is 6.54 Å². The van der Waals surface area contributed by atoms with Crippen molar-refractivity contribution in [2.45, 2.75) is 25.6 Å². The Hall–Kier alpha value is -1.06. The maximum Gasteiger partial charge on any atom is 0.0940 e. The van der Waals surface area contributed by atoms with Gasteiger partial charge in [0.2, 0.25) is 0 Å². The molecule has 0 fully saturated rings. The van der Waals surface area contributed by atoms with Crippen molar-refractivity contribution in [3.05, 3.63) is 70.7 Å². The highest BCUT2D eigenvalue weighted by molar-refractivity contribution is 6.31. The predicted octanol–water partition coefficient (Wildman–Crippen LogP) is 0.556. The number of aliphatic hydroxyl groups excluding tert-OH is 1. The first-order valence-electron chi connectivity index (χ1n) is 6.38. The summed E-state index contributed by atoms with van der Waals surface area (Å²) in [5.41, 5.74) is 1.96. The maximum absolute atomic E-state index is 10.2. The Kier molecular flexibility index (Phi) is 7.03. The Labute approximate surface area is 131 Å². The van der Waals surface area contributed by atoms with Gasteiger partial charge in [-0.05, 0) is 24.1 Å². The number of hydrogen-bond acceptors (Lipinski definition) is 2. The first-order chi connectivity index (χ1) is 9.18. The SMILES string of the molecule is CC(NCc1ccccc1Cl)C(O)c1ccccc1.[Cl-]. The van der Waals surface area contributed by atoms with E-state index in [9.17, 15) is 5.11 Å². The van der Waals surface area contributed by atoms with E-state index in [1.165, 1.54) is 0 Å². The Morgan fingerprint density at radius 1 is 1.05 bits per heavy atom. The average Bonchev–Trinajstić information content (AvgIpc) is 2.46. The summed E-state index contributed by atoms with van der Waals surface area (Å²) in [6, 6.07) is 17.3. The van der Waals surface area contributed by atoms with E-state index in [1.54, 1.807) is 0 Å². The number of benzene rings is 2. The van der Waals surface area contributed by atoms with E-state index in [0.29, 0.717) is 6.54 Å². The number of rotatable bonds is 5. The lowest BCUT2D eigenvalue weighted by Crippen LogP contribution is -3.00. The highest BCUT2D eigenvalue weighted by Crippen LogP contribution is 2.18. The average molecular weight is 311 g/mol. The molecule has 2 atom stereocenters. The summed E-state index contributed by atoms with van der Waals surface area (Å²) >= 11 is 6.10. The molecule has 2 aromatic rings. The van der Waals surface area contributed by atoms with Crippen LogP contribution in [0.4, 0.5) is 0 Å². The first-order valence-corrected chi connectivity index (χ1v) is 6.76. The molecule has 2 nitrogen and oxygen atoms in total. The van der Waals surface area contributed by atoms with Gasteiger partial charge < -0.3 is 22.8 Å². The fourth-order valence-electron chi connectivity index (χ4n) is 1.96. The van der Waals surface area contributed by atoms with Crippen molar-refractivity contribution in [2.24, 2.45) is 0 Å². The van der Waals surface area contributed by atoms with E-state index in [0.717, 1.165) is 16.1 Å². The van der Waals surface area contributed by atoms with E-state index in [2.05, 4.69) is 5.32 Å². The predicted molar refractivity (Wildman–Crippen MR) is 79.2 cm³/mol. The Morgan fingerprint density at radius 3 is 2.30 bits per heavy atom. The van der Waals surface area contributed by atoms with Gasteiger partial charge in [-0.2, -0.15) is 0 Å². The van der Waals surface area contributed by atoms with Gasteiger partial charge in [-0.3, -0.25) is 0 Å². The molecule has 0 aliphatic heterocycles. The minimum Gasteiger partial charge on any atom is -1.00 e. The van der Waals surface area contributed by atoms with Gasteiger partial charge in [0, 0.05) is 17.6 Å². The molecule has 0 aromatic heterocycles. The zero-order chi connectivity index (χ0) is 13.7. The molecule has 0 heterocycles. The zero-order valence-corrected chi connectivity index (χ0v) is 12.8. The fourth-order valence-corrected chi connectivity index (χ4v) is 2.17.